The van der Waals surface area contributed by atoms with E-state index >= 15 is 0 Å². The van der Waals surface area contributed by atoms with Gasteiger partial charge in [-0.2, -0.15) is 5.10 Å². The lowest BCUT2D eigenvalue weighted by atomic mass is 10.0. The second kappa shape index (κ2) is 5.51. The number of halogens is 1. The molecule has 0 aliphatic rings. The Bertz CT molecular complexity index is 595. The number of ether oxygens (including phenoxy) is 1. The summed E-state index contributed by atoms with van der Waals surface area (Å²) in [5.74, 6) is -1.19. The number of nitrogens with zero attached hydrogens (tertiary/aromatic N) is 1. The number of hydrogen-bond donors (Lipinski definition) is 2. The van der Waals surface area contributed by atoms with E-state index in [2.05, 4.69) is 10.2 Å². The number of aryl methyl sites for hydroxylation is 1. The molecule has 0 amide bonds. The van der Waals surface area contributed by atoms with Crippen LogP contribution in [0, 0.1) is 5.82 Å². The van der Waals surface area contributed by atoms with Gasteiger partial charge in [0.2, 0.25) is 0 Å². The fraction of sp³-hybridized carbons (Fsp3) is 0.231. The van der Waals surface area contributed by atoms with Gasteiger partial charge in [0.05, 0.1) is 19.0 Å². The van der Waals surface area contributed by atoms with Crippen molar-refractivity contribution in [3.05, 3.63) is 35.8 Å². The van der Waals surface area contributed by atoms with E-state index in [1.807, 2.05) is 0 Å². The molecule has 0 saturated heterocycles. The number of hydrogen-bond acceptors (Lipinski definition) is 3. The number of benzene rings is 1. The summed E-state index contributed by atoms with van der Waals surface area (Å²) in [6, 6.07) is 4.54. The molecule has 2 rings (SSSR count). The Hall–Kier alpha value is -2.37. The van der Waals surface area contributed by atoms with Crippen LogP contribution in [-0.2, 0) is 11.2 Å². The first-order valence-electron chi connectivity index (χ1n) is 5.69. The fourth-order valence-electron chi connectivity index (χ4n) is 1.81. The number of aromatic amines is 1. The van der Waals surface area contributed by atoms with Crippen LogP contribution in [0.4, 0.5) is 4.39 Å². The van der Waals surface area contributed by atoms with Gasteiger partial charge in [-0.05, 0) is 30.2 Å². The molecule has 5 nitrogen and oxygen atoms in total. The molecule has 1 heterocycles. The maximum Gasteiger partial charge on any atom is 0.303 e. The molecule has 0 saturated carbocycles. The SMILES string of the molecule is COc1ccc(-c2[nH]ncc2CCC(=O)O)cc1F. The van der Waals surface area contributed by atoms with Crippen molar-refractivity contribution >= 4 is 5.97 Å². The molecule has 1 aromatic heterocycles. The molecule has 19 heavy (non-hydrogen) atoms. The quantitative estimate of drug-likeness (QED) is 0.868. The predicted molar refractivity (Wildman–Crippen MR) is 66.5 cm³/mol. The Morgan fingerprint density at radius 1 is 1.53 bits per heavy atom. The van der Waals surface area contributed by atoms with Crippen LogP contribution in [0.25, 0.3) is 11.3 Å². The van der Waals surface area contributed by atoms with Crippen molar-refractivity contribution in [2.75, 3.05) is 7.11 Å². The lowest BCUT2D eigenvalue weighted by molar-refractivity contribution is -0.136. The van der Waals surface area contributed by atoms with E-state index in [4.69, 9.17) is 9.84 Å². The second-order valence-electron chi connectivity index (χ2n) is 4.01. The van der Waals surface area contributed by atoms with Crippen molar-refractivity contribution in [2.45, 2.75) is 12.8 Å². The maximum atomic E-state index is 13.6. The summed E-state index contributed by atoms with van der Waals surface area (Å²) >= 11 is 0. The van der Waals surface area contributed by atoms with Crippen LogP contribution in [-0.4, -0.2) is 28.4 Å². The highest BCUT2D eigenvalue weighted by molar-refractivity contribution is 5.69. The first kappa shape index (κ1) is 13.1. The minimum Gasteiger partial charge on any atom is -0.494 e. The Labute approximate surface area is 109 Å². The molecular weight excluding hydrogens is 251 g/mol. The molecule has 2 N–H and O–H groups in total. The third-order valence-electron chi connectivity index (χ3n) is 2.77. The predicted octanol–water partition coefficient (Wildman–Crippen LogP) is 2.24. The van der Waals surface area contributed by atoms with Crippen molar-refractivity contribution in [3.8, 4) is 17.0 Å². The Kier molecular flexibility index (Phi) is 3.79. The van der Waals surface area contributed by atoms with Crippen LogP contribution in [0.3, 0.4) is 0 Å². The van der Waals surface area contributed by atoms with E-state index in [1.54, 1.807) is 12.3 Å². The molecule has 0 radical (unpaired) electrons. The molecule has 100 valence electrons. The minimum atomic E-state index is -0.881. The normalized spacial score (nSPS) is 10.4. The van der Waals surface area contributed by atoms with Gasteiger partial charge in [-0.25, -0.2) is 4.39 Å². The fourth-order valence-corrected chi connectivity index (χ4v) is 1.81. The molecule has 0 unspecified atom stereocenters. The van der Waals surface area contributed by atoms with Crippen LogP contribution in [0.1, 0.15) is 12.0 Å². The number of H-pyrrole nitrogens is 1. The van der Waals surface area contributed by atoms with Gasteiger partial charge in [0.25, 0.3) is 0 Å². The summed E-state index contributed by atoms with van der Waals surface area (Å²) in [5.41, 5.74) is 1.98. The van der Waals surface area contributed by atoms with E-state index in [0.29, 0.717) is 17.7 Å². The minimum absolute atomic E-state index is 0.00513. The van der Waals surface area contributed by atoms with E-state index in [1.165, 1.54) is 19.2 Å². The van der Waals surface area contributed by atoms with Crippen LogP contribution in [0.2, 0.25) is 0 Å². The zero-order valence-electron chi connectivity index (χ0n) is 10.3. The van der Waals surface area contributed by atoms with Gasteiger partial charge < -0.3 is 9.84 Å². The maximum absolute atomic E-state index is 13.6. The monoisotopic (exact) mass is 264 g/mol. The Balaban J connectivity index is 2.29. The van der Waals surface area contributed by atoms with Crippen molar-refractivity contribution in [3.63, 3.8) is 0 Å². The van der Waals surface area contributed by atoms with Crippen molar-refractivity contribution in [1.82, 2.24) is 10.2 Å². The largest absolute Gasteiger partial charge is 0.494 e. The molecule has 0 fully saturated rings. The van der Waals surface area contributed by atoms with Gasteiger partial charge in [-0.3, -0.25) is 9.89 Å². The summed E-state index contributed by atoms with van der Waals surface area (Å²) in [7, 11) is 1.40. The molecule has 0 aliphatic heterocycles. The molecule has 0 atom stereocenters. The van der Waals surface area contributed by atoms with Crippen LogP contribution >= 0.6 is 0 Å². The van der Waals surface area contributed by atoms with Crippen molar-refractivity contribution < 1.29 is 19.0 Å². The summed E-state index contributed by atoms with van der Waals surface area (Å²) < 4.78 is 18.5. The Morgan fingerprint density at radius 2 is 2.32 bits per heavy atom. The molecule has 2 aromatic rings. The zero-order valence-corrected chi connectivity index (χ0v) is 10.3. The zero-order chi connectivity index (χ0) is 13.8. The average molecular weight is 264 g/mol. The summed E-state index contributed by atoms with van der Waals surface area (Å²) in [6.07, 6.45) is 1.90. The van der Waals surface area contributed by atoms with E-state index in [9.17, 15) is 9.18 Å². The number of carboxylic acid groups (broad SMARTS) is 1. The van der Waals surface area contributed by atoms with Gasteiger partial charge in [-0.15, -0.1) is 0 Å². The highest BCUT2D eigenvalue weighted by Crippen LogP contribution is 2.26. The Morgan fingerprint density at radius 3 is 2.95 bits per heavy atom. The number of nitrogens with one attached hydrogen (secondary N) is 1. The van der Waals surface area contributed by atoms with Gasteiger partial charge >= 0.3 is 5.97 Å². The van der Waals surface area contributed by atoms with Gasteiger partial charge in [0.1, 0.15) is 0 Å². The summed E-state index contributed by atoms with van der Waals surface area (Å²) in [4.78, 5) is 10.6. The molecule has 0 bridgehead atoms. The van der Waals surface area contributed by atoms with Gasteiger partial charge in [-0.1, -0.05) is 0 Å². The van der Waals surface area contributed by atoms with E-state index in [-0.39, 0.29) is 12.2 Å². The van der Waals surface area contributed by atoms with Gasteiger partial charge in [0, 0.05) is 12.0 Å². The van der Waals surface area contributed by atoms with Crippen molar-refractivity contribution in [2.24, 2.45) is 0 Å². The first-order chi connectivity index (χ1) is 9.11. The van der Waals surface area contributed by atoms with Crippen LogP contribution in [0.15, 0.2) is 24.4 Å². The third kappa shape index (κ3) is 2.90. The lowest BCUT2D eigenvalue weighted by Crippen LogP contribution is -1.98. The standard InChI is InChI=1S/C13H13FN2O3/c1-19-11-4-2-8(6-10(11)14)13-9(7-15-16-13)3-5-12(17)18/h2,4,6-7H,3,5H2,1H3,(H,15,16)(H,17,18). The average Bonchev–Trinajstić information content (AvgIpc) is 2.84. The number of aromatic nitrogens is 2. The number of carboxylic acids is 1. The third-order valence-corrected chi connectivity index (χ3v) is 2.77. The highest BCUT2D eigenvalue weighted by atomic mass is 19.1. The first-order valence-corrected chi connectivity index (χ1v) is 5.69. The second-order valence-corrected chi connectivity index (χ2v) is 4.01. The highest BCUT2D eigenvalue weighted by Gasteiger charge is 2.11. The molecular formula is C13H13FN2O3. The molecule has 0 aliphatic carbocycles. The topological polar surface area (TPSA) is 75.2 Å². The molecule has 6 heteroatoms. The number of carbonyl (C=O) groups is 1. The number of rotatable bonds is 5. The summed E-state index contributed by atoms with van der Waals surface area (Å²) in [5, 5.41) is 15.3. The van der Waals surface area contributed by atoms with Gasteiger partial charge in [0.15, 0.2) is 11.6 Å². The van der Waals surface area contributed by atoms with E-state index < -0.39 is 11.8 Å². The number of aliphatic carboxylic acids is 1. The van der Waals surface area contributed by atoms with Crippen LogP contribution < -0.4 is 4.74 Å². The van der Waals surface area contributed by atoms with Crippen LogP contribution in [0.5, 0.6) is 5.75 Å². The molecule has 1 aromatic carbocycles. The lowest BCUT2D eigenvalue weighted by Gasteiger charge is -2.05. The molecule has 0 spiro atoms. The number of methoxy groups -OCH3 is 1. The van der Waals surface area contributed by atoms with Crippen molar-refractivity contribution in [1.29, 1.82) is 0 Å². The van der Waals surface area contributed by atoms with E-state index in [0.717, 1.165) is 5.56 Å². The smallest absolute Gasteiger partial charge is 0.303 e. The summed E-state index contributed by atoms with van der Waals surface area (Å²) in [6.45, 7) is 0.